The van der Waals surface area contributed by atoms with Gasteiger partial charge in [-0.1, -0.05) is 12.5 Å². The lowest BCUT2D eigenvalue weighted by atomic mass is 9.89. The van der Waals surface area contributed by atoms with Crippen molar-refractivity contribution in [2.24, 2.45) is 11.7 Å². The van der Waals surface area contributed by atoms with Gasteiger partial charge in [0.05, 0.1) is 14.2 Å². The van der Waals surface area contributed by atoms with Crippen LogP contribution in [0, 0.1) is 5.92 Å². The Bertz CT molecular complexity index is 436. The second-order valence-corrected chi connectivity index (χ2v) is 5.53. The molecule has 2 rings (SSSR count). The first kappa shape index (κ1) is 15.1. The van der Waals surface area contributed by atoms with Crippen LogP contribution >= 0.6 is 0 Å². The van der Waals surface area contributed by atoms with Crippen molar-refractivity contribution in [2.75, 3.05) is 34.4 Å². The van der Waals surface area contributed by atoms with Crippen LogP contribution in [-0.4, -0.2) is 39.3 Å². The minimum absolute atomic E-state index is 0.363. The van der Waals surface area contributed by atoms with Gasteiger partial charge in [-0.05, 0) is 56.6 Å². The molecule has 1 heterocycles. The van der Waals surface area contributed by atoms with E-state index in [1.165, 1.54) is 24.8 Å². The van der Waals surface area contributed by atoms with Crippen LogP contribution < -0.4 is 15.2 Å². The second kappa shape index (κ2) is 6.95. The van der Waals surface area contributed by atoms with Crippen molar-refractivity contribution in [2.45, 2.75) is 25.3 Å². The summed E-state index contributed by atoms with van der Waals surface area (Å²) in [4.78, 5) is 2.42. The molecule has 112 valence electrons. The first-order chi connectivity index (χ1) is 9.71. The maximum atomic E-state index is 6.01. The lowest BCUT2D eigenvalue weighted by Gasteiger charge is -2.32. The molecule has 2 atom stereocenters. The molecule has 0 amide bonds. The second-order valence-electron chi connectivity index (χ2n) is 5.53. The molecule has 0 aliphatic carbocycles. The zero-order valence-corrected chi connectivity index (χ0v) is 12.8. The summed E-state index contributed by atoms with van der Waals surface area (Å²) < 4.78 is 10.7. The number of nitrogens with two attached hydrogens (primary N) is 1. The average Bonchev–Trinajstić information content (AvgIpc) is 2.67. The SMILES string of the molecule is COc1ccc(C2C(CN)CCCCN2C)cc1OC. The molecule has 0 saturated carbocycles. The van der Waals surface area contributed by atoms with Crippen molar-refractivity contribution in [3.63, 3.8) is 0 Å². The fourth-order valence-electron chi connectivity index (χ4n) is 3.23. The monoisotopic (exact) mass is 278 g/mol. The Morgan fingerprint density at radius 2 is 1.95 bits per heavy atom. The number of benzene rings is 1. The topological polar surface area (TPSA) is 47.7 Å². The highest BCUT2D eigenvalue weighted by atomic mass is 16.5. The predicted octanol–water partition coefficient (Wildman–Crippen LogP) is 2.44. The van der Waals surface area contributed by atoms with Crippen LogP contribution in [0.15, 0.2) is 18.2 Å². The van der Waals surface area contributed by atoms with E-state index in [9.17, 15) is 0 Å². The molecule has 4 nitrogen and oxygen atoms in total. The fraction of sp³-hybridized carbons (Fsp3) is 0.625. The van der Waals surface area contributed by atoms with Crippen LogP contribution in [0.25, 0.3) is 0 Å². The Kier molecular flexibility index (Phi) is 5.26. The summed E-state index contributed by atoms with van der Waals surface area (Å²) in [6.07, 6.45) is 3.70. The minimum Gasteiger partial charge on any atom is -0.493 e. The van der Waals surface area contributed by atoms with Crippen molar-refractivity contribution in [1.82, 2.24) is 4.90 Å². The van der Waals surface area contributed by atoms with Gasteiger partial charge in [-0.15, -0.1) is 0 Å². The van der Waals surface area contributed by atoms with Gasteiger partial charge in [0.1, 0.15) is 0 Å². The Labute approximate surface area is 121 Å². The molecule has 2 N–H and O–H groups in total. The Hall–Kier alpha value is -1.26. The molecular weight excluding hydrogens is 252 g/mol. The van der Waals surface area contributed by atoms with Gasteiger partial charge in [0.25, 0.3) is 0 Å². The molecule has 1 aliphatic heterocycles. The van der Waals surface area contributed by atoms with E-state index in [1.807, 2.05) is 6.07 Å². The van der Waals surface area contributed by atoms with E-state index in [4.69, 9.17) is 15.2 Å². The van der Waals surface area contributed by atoms with Crippen molar-refractivity contribution in [1.29, 1.82) is 0 Å². The van der Waals surface area contributed by atoms with E-state index in [0.717, 1.165) is 24.6 Å². The zero-order chi connectivity index (χ0) is 14.5. The van der Waals surface area contributed by atoms with Gasteiger partial charge in [0.15, 0.2) is 11.5 Å². The molecule has 1 fully saturated rings. The normalized spacial score (nSPS) is 24.2. The van der Waals surface area contributed by atoms with Crippen LogP contribution in [0.4, 0.5) is 0 Å². The minimum atomic E-state index is 0.363. The Morgan fingerprint density at radius 3 is 2.60 bits per heavy atom. The summed E-state index contributed by atoms with van der Waals surface area (Å²) in [6.45, 7) is 1.85. The number of rotatable bonds is 4. The summed E-state index contributed by atoms with van der Waals surface area (Å²) in [5.41, 5.74) is 7.27. The van der Waals surface area contributed by atoms with Crippen LogP contribution in [0.5, 0.6) is 11.5 Å². The Balaban J connectivity index is 2.35. The molecular formula is C16H26N2O2. The zero-order valence-electron chi connectivity index (χ0n) is 12.8. The lowest BCUT2D eigenvalue weighted by Crippen LogP contribution is -2.33. The summed E-state index contributed by atoms with van der Waals surface area (Å²) in [7, 11) is 5.53. The molecule has 2 unspecified atom stereocenters. The van der Waals surface area contributed by atoms with Crippen LogP contribution in [0.1, 0.15) is 30.9 Å². The summed E-state index contributed by atoms with van der Waals surface area (Å²) in [5.74, 6) is 2.07. The molecule has 1 saturated heterocycles. The van der Waals surface area contributed by atoms with Gasteiger partial charge in [-0.3, -0.25) is 4.90 Å². The van der Waals surface area contributed by atoms with Gasteiger partial charge < -0.3 is 15.2 Å². The highest BCUT2D eigenvalue weighted by Gasteiger charge is 2.28. The van der Waals surface area contributed by atoms with Crippen molar-refractivity contribution in [3.05, 3.63) is 23.8 Å². The van der Waals surface area contributed by atoms with E-state index in [2.05, 4.69) is 24.1 Å². The average molecular weight is 278 g/mol. The smallest absolute Gasteiger partial charge is 0.161 e. The number of hydrogen-bond donors (Lipinski definition) is 1. The molecule has 0 aromatic heterocycles. The van der Waals surface area contributed by atoms with Crippen LogP contribution in [0.2, 0.25) is 0 Å². The molecule has 1 aliphatic rings. The fourth-order valence-corrected chi connectivity index (χ4v) is 3.23. The number of nitrogens with zero attached hydrogens (tertiary/aromatic N) is 1. The van der Waals surface area contributed by atoms with Gasteiger partial charge in [0, 0.05) is 6.04 Å². The van der Waals surface area contributed by atoms with E-state index in [0.29, 0.717) is 12.0 Å². The number of likely N-dealkylation sites (tertiary alicyclic amines) is 1. The molecule has 0 spiro atoms. The van der Waals surface area contributed by atoms with E-state index in [-0.39, 0.29) is 0 Å². The summed E-state index contributed by atoms with van der Waals surface area (Å²) >= 11 is 0. The van der Waals surface area contributed by atoms with Crippen molar-refractivity contribution >= 4 is 0 Å². The molecule has 20 heavy (non-hydrogen) atoms. The predicted molar refractivity (Wildman–Crippen MR) is 81.3 cm³/mol. The first-order valence-electron chi connectivity index (χ1n) is 7.33. The number of methoxy groups -OCH3 is 2. The number of hydrogen-bond acceptors (Lipinski definition) is 4. The van der Waals surface area contributed by atoms with Crippen LogP contribution in [-0.2, 0) is 0 Å². The van der Waals surface area contributed by atoms with E-state index >= 15 is 0 Å². The lowest BCUT2D eigenvalue weighted by molar-refractivity contribution is 0.195. The maximum absolute atomic E-state index is 6.01. The van der Waals surface area contributed by atoms with Gasteiger partial charge >= 0.3 is 0 Å². The Morgan fingerprint density at radius 1 is 1.20 bits per heavy atom. The highest BCUT2D eigenvalue weighted by molar-refractivity contribution is 5.44. The molecule has 0 bridgehead atoms. The standard InChI is InChI=1S/C16H26N2O2/c1-18-9-5-4-6-13(11-17)16(18)12-7-8-14(19-2)15(10-12)20-3/h7-8,10,13,16H,4-6,9,11,17H2,1-3H3. The summed E-state index contributed by atoms with van der Waals surface area (Å²) in [6, 6.07) is 6.58. The van der Waals surface area contributed by atoms with Gasteiger partial charge in [-0.2, -0.15) is 0 Å². The summed E-state index contributed by atoms with van der Waals surface area (Å²) in [5, 5.41) is 0. The largest absolute Gasteiger partial charge is 0.493 e. The van der Waals surface area contributed by atoms with Gasteiger partial charge in [0.2, 0.25) is 0 Å². The third-order valence-electron chi connectivity index (χ3n) is 4.31. The third kappa shape index (κ3) is 3.07. The number of ether oxygens (including phenoxy) is 2. The van der Waals surface area contributed by atoms with Crippen molar-refractivity contribution < 1.29 is 9.47 Å². The molecule has 1 aromatic rings. The van der Waals surface area contributed by atoms with E-state index < -0.39 is 0 Å². The molecule has 0 radical (unpaired) electrons. The highest BCUT2D eigenvalue weighted by Crippen LogP contribution is 2.37. The molecule has 4 heteroatoms. The maximum Gasteiger partial charge on any atom is 0.161 e. The van der Waals surface area contributed by atoms with E-state index in [1.54, 1.807) is 14.2 Å². The van der Waals surface area contributed by atoms with Gasteiger partial charge in [-0.25, -0.2) is 0 Å². The van der Waals surface area contributed by atoms with Crippen LogP contribution in [0.3, 0.4) is 0 Å². The first-order valence-corrected chi connectivity index (χ1v) is 7.33. The quantitative estimate of drug-likeness (QED) is 0.919. The van der Waals surface area contributed by atoms with Crippen molar-refractivity contribution in [3.8, 4) is 11.5 Å². The molecule has 1 aromatic carbocycles. The third-order valence-corrected chi connectivity index (χ3v) is 4.31.